The van der Waals surface area contributed by atoms with Crippen molar-refractivity contribution < 1.29 is 14.4 Å². The van der Waals surface area contributed by atoms with Crippen molar-refractivity contribution in [3.8, 4) is 0 Å². The van der Waals surface area contributed by atoms with Gasteiger partial charge in [0.25, 0.3) is 0 Å². The Hall–Kier alpha value is -1.69. The highest BCUT2D eigenvalue weighted by Crippen LogP contribution is 2.12. The molecule has 102 valence electrons. The fourth-order valence-corrected chi connectivity index (χ4v) is 1.82. The molecule has 5 nitrogen and oxygen atoms in total. The lowest BCUT2D eigenvalue weighted by Crippen LogP contribution is -2.38. The molecule has 0 fully saturated rings. The molecule has 0 spiro atoms. The second-order valence-electron chi connectivity index (χ2n) is 4.09. The summed E-state index contributed by atoms with van der Waals surface area (Å²) < 4.78 is 0.892. The molecular weight excluding hydrogens is 312 g/mol. The minimum atomic E-state index is -0.591. The van der Waals surface area contributed by atoms with Gasteiger partial charge in [-0.05, 0) is 12.1 Å². The summed E-state index contributed by atoms with van der Waals surface area (Å²) in [6, 6.07) is 6.97. The maximum absolute atomic E-state index is 11.9. The lowest BCUT2D eigenvalue weighted by molar-refractivity contribution is -0.133. The van der Waals surface area contributed by atoms with Crippen molar-refractivity contribution in [3.05, 3.63) is 34.3 Å². The van der Waals surface area contributed by atoms with Gasteiger partial charge in [-0.2, -0.15) is 0 Å². The minimum absolute atomic E-state index is 0.0804. The van der Waals surface area contributed by atoms with E-state index in [1.54, 1.807) is 24.3 Å². The third kappa shape index (κ3) is 5.21. The summed E-state index contributed by atoms with van der Waals surface area (Å²) in [7, 11) is 0. The SMILES string of the molecule is CC(=O)N(CCC(=O)c1ccc(Br)cc1)CC(N)=O. The second-order valence-corrected chi connectivity index (χ2v) is 5.00. The predicted molar refractivity (Wildman–Crippen MR) is 74.5 cm³/mol. The predicted octanol–water partition coefficient (Wildman–Crippen LogP) is 1.36. The molecule has 0 aromatic heterocycles. The second kappa shape index (κ2) is 7.04. The van der Waals surface area contributed by atoms with Gasteiger partial charge in [-0.1, -0.05) is 28.1 Å². The molecule has 6 heteroatoms. The van der Waals surface area contributed by atoms with E-state index in [-0.39, 0.29) is 31.2 Å². The van der Waals surface area contributed by atoms with Crippen LogP contribution in [0.3, 0.4) is 0 Å². The van der Waals surface area contributed by atoms with Crippen molar-refractivity contribution >= 4 is 33.5 Å². The highest BCUT2D eigenvalue weighted by Gasteiger charge is 2.14. The molecule has 2 amide bonds. The monoisotopic (exact) mass is 326 g/mol. The highest BCUT2D eigenvalue weighted by atomic mass is 79.9. The van der Waals surface area contributed by atoms with Gasteiger partial charge in [0.15, 0.2) is 5.78 Å². The van der Waals surface area contributed by atoms with E-state index in [0.29, 0.717) is 5.56 Å². The fourth-order valence-electron chi connectivity index (χ4n) is 1.55. The number of carbonyl (C=O) groups excluding carboxylic acids is 3. The van der Waals surface area contributed by atoms with Gasteiger partial charge >= 0.3 is 0 Å². The molecule has 1 rings (SSSR count). The van der Waals surface area contributed by atoms with Gasteiger partial charge in [-0.15, -0.1) is 0 Å². The normalized spacial score (nSPS) is 10.0. The van der Waals surface area contributed by atoms with Crippen LogP contribution in [0.15, 0.2) is 28.7 Å². The first-order chi connectivity index (χ1) is 8.90. The van der Waals surface area contributed by atoms with Gasteiger partial charge in [0, 0.05) is 29.9 Å². The van der Waals surface area contributed by atoms with Crippen LogP contribution in [0.1, 0.15) is 23.7 Å². The van der Waals surface area contributed by atoms with E-state index in [4.69, 9.17) is 5.73 Å². The summed E-state index contributed by atoms with van der Waals surface area (Å²) in [5.74, 6) is -0.947. The van der Waals surface area contributed by atoms with Crippen molar-refractivity contribution in [2.45, 2.75) is 13.3 Å². The van der Waals surface area contributed by atoms with Crippen molar-refractivity contribution in [3.63, 3.8) is 0 Å². The summed E-state index contributed by atoms with van der Waals surface area (Å²) in [5.41, 5.74) is 5.62. The van der Waals surface area contributed by atoms with Crippen LogP contribution in [0.2, 0.25) is 0 Å². The van der Waals surface area contributed by atoms with E-state index in [9.17, 15) is 14.4 Å². The van der Waals surface area contributed by atoms with Crippen molar-refractivity contribution in [2.24, 2.45) is 5.73 Å². The van der Waals surface area contributed by atoms with Crippen molar-refractivity contribution in [2.75, 3.05) is 13.1 Å². The zero-order valence-corrected chi connectivity index (χ0v) is 12.1. The third-order valence-corrected chi connectivity index (χ3v) is 3.10. The molecule has 0 bridgehead atoms. The van der Waals surface area contributed by atoms with E-state index >= 15 is 0 Å². The fraction of sp³-hybridized carbons (Fsp3) is 0.308. The number of nitrogens with zero attached hydrogens (tertiary/aromatic N) is 1. The molecular formula is C13H15BrN2O3. The van der Waals surface area contributed by atoms with Crippen LogP contribution in [0.5, 0.6) is 0 Å². The zero-order valence-electron chi connectivity index (χ0n) is 10.6. The molecule has 1 aromatic carbocycles. The number of nitrogens with two attached hydrogens (primary N) is 1. The number of hydrogen-bond acceptors (Lipinski definition) is 3. The average Bonchev–Trinajstić information content (AvgIpc) is 2.34. The van der Waals surface area contributed by atoms with Gasteiger partial charge in [0.2, 0.25) is 11.8 Å². The van der Waals surface area contributed by atoms with Crippen LogP contribution in [0.25, 0.3) is 0 Å². The number of rotatable bonds is 6. The maximum atomic E-state index is 11.9. The topological polar surface area (TPSA) is 80.5 Å². The number of benzene rings is 1. The molecule has 1 aromatic rings. The largest absolute Gasteiger partial charge is 0.368 e. The molecule has 0 aliphatic carbocycles. The molecule has 0 heterocycles. The Balaban J connectivity index is 2.59. The standard InChI is InChI=1S/C13H15BrN2O3/c1-9(17)16(8-13(15)19)7-6-12(18)10-2-4-11(14)5-3-10/h2-5H,6-8H2,1H3,(H2,15,19). The lowest BCUT2D eigenvalue weighted by atomic mass is 10.1. The number of hydrogen-bond donors (Lipinski definition) is 1. The Labute approximate surface area is 119 Å². The smallest absolute Gasteiger partial charge is 0.237 e. The van der Waals surface area contributed by atoms with Gasteiger partial charge in [-0.25, -0.2) is 0 Å². The summed E-state index contributed by atoms with van der Waals surface area (Å²) in [6.07, 6.45) is 0.161. The minimum Gasteiger partial charge on any atom is -0.368 e. The number of ketones is 1. The first-order valence-electron chi connectivity index (χ1n) is 5.72. The van der Waals surface area contributed by atoms with Gasteiger partial charge in [0.1, 0.15) is 0 Å². The van der Waals surface area contributed by atoms with Gasteiger partial charge < -0.3 is 10.6 Å². The molecule has 0 aliphatic heterocycles. The lowest BCUT2D eigenvalue weighted by Gasteiger charge is -2.18. The van der Waals surface area contributed by atoms with Crippen molar-refractivity contribution in [1.29, 1.82) is 0 Å². The van der Waals surface area contributed by atoms with E-state index < -0.39 is 5.91 Å². The molecule has 0 atom stereocenters. The van der Waals surface area contributed by atoms with Crippen LogP contribution >= 0.6 is 15.9 Å². The molecule has 0 unspecified atom stereocenters. The number of primary amides is 1. The first-order valence-corrected chi connectivity index (χ1v) is 6.52. The van der Waals surface area contributed by atoms with Crippen LogP contribution < -0.4 is 5.73 Å². The Morgan fingerprint density at radius 3 is 2.26 bits per heavy atom. The Morgan fingerprint density at radius 2 is 1.79 bits per heavy atom. The summed E-state index contributed by atoms with van der Waals surface area (Å²) in [6.45, 7) is 1.36. The van der Waals surface area contributed by atoms with Crippen LogP contribution in [0.4, 0.5) is 0 Å². The third-order valence-electron chi connectivity index (χ3n) is 2.57. The van der Waals surface area contributed by atoms with Gasteiger partial charge in [-0.3, -0.25) is 14.4 Å². The Kier molecular flexibility index (Phi) is 5.69. The molecule has 0 aliphatic rings. The number of carbonyl (C=O) groups is 3. The number of amides is 2. The molecule has 2 N–H and O–H groups in total. The van der Waals surface area contributed by atoms with Crippen molar-refractivity contribution in [1.82, 2.24) is 4.90 Å². The molecule has 0 saturated carbocycles. The number of halogens is 1. The summed E-state index contributed by atoms with van der Waals surface area (Å²) >= 11 is 3.29. The van der Waals surface area contributed by atoms with E-state index in [2.05, 4.69) is 15.9 Å². The average molecular weight is 327 g/mol. The van der Waals surface area contributed by atoms with Gasteiger partial charge in [0.05, 0.1) is 6.54 Å². The first kappa shape index (κ1) is 15.4. The van der Waals surface area contributed by atoms with E-state index in [1.807, 2.05) is 0 Å². The van der Waals surface area contributed by atoms with Crippen LogP contribution in [-0.2, 0) is 9.59 Å². The molecule has 0 saturated heterocycles. The molecule has 0 radical (unpaired) electrons. The van der Waals surface area contributed by atoms with Crippen LogP contribution in [0, 0.1) is 0 Å². The number of Topliss-reactive ketones (excluding diaryl/α,β-unsaturated/α-hetero) is 1. The Bertz CT molecular complexity index is 485. The zero-order chi connectivity index (χ0) is 14.4. The maximum Gasteiger partial charge on any atom is 0.237 e. The van der Waals surface area contributed by atoms with E-state index in [0.717, 1.165) is 4.47 Å². The quantitative estimate of drug-likeness (QED) is 0.801. The Morgan fingerprint density at radius 1 is 1.21 bits per heavy atom. The molecule has 19 heavy (non-hydrogen) atoms. The van der Waals surface area contributed by atoms with E-state index in [1.165, 1.54) is 11.8 Å². The summed E-state index contributed by atoms with van der Waals surface area (Å²) in [4.78, 5) is 35.2. The van der Waals surface area contributed by atoms with Crippen LogP contribution in [-0.4, -0.2) is 35.6 Å². The highest BCUT2D eigenvalue weighted by molar-refractivity contribution is 9.10. The summed E-state index contributed by atoms with van der Waals surface area (Å²) in [5, 5.41) is 0.